The predicted molar refractivity (Wildman–Crippen MR) is 102 cm³/mol. The van der Waals surface area contributed by atoms with Crippen LogP contribution in [0.5, 0.6) is 0 Å². The monoisotopic (exact) mass is 346 g/mol. The molecule has 25 heavy (non-hydrogen) atoms. The molecule has 3 nitrogen and oxygen atoms in total. The Bertz CT molecular complexity index is 544. The fraction of sp³-hybridized carbons (Fsp3) is 0.636. The van der Waals surface area contributed by atoms with E-state index >= 15 is 0 Å². The van der Waals surface area contributed by atoms with Crippen molar-refractivity contribution in [1.29, 1.82) is 0 Å². The van der Waals surface area contributed by atoms with Crippen LogP contribution in [-0.4, -0.2) is 17.9 Å². The summed E-state index contributed by atoms with van der Waals surface area (Å²) in [6.07, 6.45) is 0.500. The van der Waals surface area contributed by atoms with Crippen molar-refractivity contribution in [2.24, 2.45) is 17.3 Å². The van der Waals surface area contributed by atoms with Gasteiger partial charge in [0.2, 0.25) is 0 Å². The van der Waals surface area contributed by atoms with Crippen LogP contribution in [-0.2, 0) is 14.3 Å². The van der Waals surface area contributed by atoms with Gasteiger partial charge in [0.15, 0.2) is 0 Å². The summed E-state index contributed by atoms with van der Waals surface area (Å²) in [7, 11) is 0. The molecule has 0 aromatic heterocycles. The number of Topliss-reactive ketones (excluding diaryl/α,β-unsaturated/α-hetero) is 1. The van der Waals surface area contributed by atoms with Crippen LogP contribution in [0.25, 0.3) is 0 Å². The summed E-state index contributed by atoms with van der Waals surface area (Å²) in [5.74, 6) is 0.354. The first-order valence-corrected chi connectivity index (χ1v) is 9.30. The Morgan fingerprint density at radius 3 is 1.88 bits per heavy atom. The fourth-order valence-corrected chi connectivity index (χ4v) is 3.01. The molecule has 0 aliphatic carbocycles. The third-order valence-electron chi connectivity index (χ3n) is 4.53. The number of carbonyl (C=O) groups is 2. The van der Waals surface area contributed by atoms with Crippen LogP contribution in [0.2, 0.25) is 0 Å². The Morgan fingerprint density at radius 2 is 1.44 bits per heavy atom. The molecule has 3 heteroatoms. The van der Waals surface area contributed by atoms with E-state index in [9.17, 15) is 9.59 Å². The summed E-state index contributed by atoms with van der Waals surface area (Å²) < 4.78 is 5.74. The van der Waals surface area contributed by atoms with Crippen molar-refractivity contribution in [1.82, 2.24) is 0 Å². The molecule has 0 saturated heterocycles. The highest BCUT2D eigenvalue weighted by atomic mass is 16.5. The number of carbonyl (C=O) groups excluding carboxylic acids is 2. The second-order valence-corrected chi connectivity index (χ2v) is 8.63. The van der Waals surface area contributed by atoms with Crippen LogP contribution in [0.4, 0.5) is 0 Å². The third kappa shape index (κ3) is 7.01. The van der Waals surface area contributed by atoms with Gasteiger partial charge < -0.3 is 4.74 Å². The van der Waals surface area contributed by atoms with Gasteiger partial charge in [0.1, 0.15) is 11.9 Å². The van der Waals surface area contributed by atoms with E-state index in [2.05, 4.69) is 27.7 Å². The lowest BCUT2D eigenvalue weighted by molar-refractivity contribution is -0.154. The van der Waals surface area contributed by atoms with Crippen LogP contribution in [0.3, 0.4) is 0 Å². The van der Waals surface area contributed by atoms with E-state index in [1.807, 2.05) is 51.1 Å². The van der Waals surface area contributed by atoms with E-state index in [0.717, 1.165) is 5.56 Å². The zero-order valence-electron chi connectivity index (χ0n) is 16.8. The molecule has 0 N–H and O–H groups in total. The molecule has 0 radical (unpaired) electrons. The molecule has 1 rings (SSSR count). The Morgan fingerprint density at radius 1 is 0.920 bits per heavy atom. The average molecular weight is 347 g/mol. The minimum atomic E-state index is -0.407. The minimum Gasteiger partial charge on any atom is -0.462 e. The molecule has 0 fully saturated rings. The molecule has 1 aromatic rings. The van der Waals surface area contributed by atoms with Crippen molar-refractivity contribution in [2.75, 3.05) is 0 Å². The van der Waals surface area contributed by atoms with E-state index in [1.165, 1.54) is 0 Å². The van der Waals surface area contributed by atoms with E-state index < -0.39 is 5.41 Å². The number of ketones is 1. The molecule has 0 saturated carbocycles. The molecule has 0 spiro atoms. The number of hydrogen-bond donors (Lipinski definition) is 0. The van der Waals surface area contributed by atoms with E-state index in [4.69, 9.17) is 4.74 Å². The Labute approximate surface area is 153 Å². The van der Waals surface area contributed by atoms with Crippen LogP contribution >= 0.6 is 0 Å². The summed E-state index contributed by atoms with van der Waals surface area (Å²) in [5.41, 5.74) is 0.609. The van der Waals surface area contributed by atoms with Gasteiger partial charge in [0, 0.05) is 17.8 Å². The van der Waals surface area contributed by atoms with Gasteiger partial charge in [-0.3, -0.25) is 9.59 Å². The van der Waals surface area contributed by atoms with Gasteiger partial charge in [0.05, 0.1) is 6.42 Å². The van der Waals surface area contributed by atoms with Gasteiger partial charge in [-0.05, 0) is 17.4 Å². The summed E-state index contributed by atoms with van der Waals surface area (Å²) in [4.78, 5) is 25.1. The summed E-state index contributed by atoms with van der Waals surface area (Å²) in [5, 5.41) is 0. The highest BCUT2D eigenvalue weighted by Gasteiger charge is 2.29. The normalized spacial score (nSPS) is 13.4. The molecule has 0 amide bonds. The number of hydrogen-bond acceptors (Lipinski definition) is 3. The summed E-state index contributed by atoms with van der Waals surface area (Å²) in [6, 6.07) is 9.80. The molecule has 0 bridgehead atoms. The lowest BCUT2D eigenvalue weighted by atomic mass is 9.82. The van der Waals surface area contributed by atoms with E-state index in [-0.39, 0.29) is 42.0 Å². The predicted octanol–water partition coefficient (Wildman–Crippen LogP) is 5.39. The first-order valence-electron chi connectivity index (χ1n) is 9.30. The van der Waals surface area contributed by atoms with Crippen LogP contribution in [0.1, 0.15) is 72.8 Å². The first kappa shape index (κ1) is 21.4. The van der Waals surface area contributed by atoms with Gasteiger partial charge in [0.25, 0.3) is 0 Å². The largest absolute Gasteiger partial charge is 0.462 e. The topological polar surface area (TPSA) is 43.4 Å². The highest BCUT2D eigenvalue weighted by Crippen LogP contribution is 2.30. The zero-order chi connectivity index (χ0) is 19.2. The second-order valence-electron chi connectivity index (χ2n) is 8.63. The maximum absolute atomic E-state index is 12.5. The van der Waals surface area contributed by atoms with Crippen molar-refractivity contribution in [3.8, 4) is 0 Å². The molecule has 0 aliphatic rings. The van der Waals surface area contributed by atoms with Crippen molar-refractivity contribution >= 4 is 11.8 Å². The van der Waals surface area contributed by atoms with Crippen LogP contribution in [0.15, 0.2) is 30.3 Å². The third-order valence-corrected chi connectivity index (χ3v) is 4.53. The molecule has 0 aliphatic heterocycles. The van der Waals surface area contributed by atoms with Crippen molar-refractivity contribution < 1.29 is 14.3 Å². The molecule has 0 heterocycles. The second kappa shape index (κ2) is 9.17. The van der Waals surface area contributed by atoms with E-state index in [0.29, 0.717) is 6.42 Å². The maximum Gasteiger partial charge on any atom is 0.306 e. The average Bonchev–Trinajstić information content (AvgIpc) is 2.51. The molecular weight excluding hydrogens is 312 g/mol. The standard InChI is InChI=1S/C22H34O3/c1-15(2)21(16(3)4)25-20(24)14-18(13-19(23)22(5,6)7)17-11-9-8-10-12-17/h8-12,15-16,18,21H,13-14H2,1-7H3. The van der Waals surface area contributed by atoms with Crippen molar-refractivity contribution in [2.45, 2.75) is 73.3 Å². The molecule has 1 unspecified atom stereocenters. The Hall–Kier alpha value is -1.64. The van der Waals surface area contributed by atoms with E-state index in [1.54, 1.807) is 0 Å². The van der Waals surface area contributed by atoms with Crippen molar-refractivity contribution in [3.05, 3.63) is 35.9 Å². The van der Waals surface area contributed by atoms with Gasteiger partial charge in [-0.25, -0.2) is 0 Å². The SMILES string of the molecule is CC(C)C(OC(=O)CC(CC(=O)C(C)(C)C)c1ccccc1)C(C)C. The smallest absolute Gasteiger partial charge is 0.306 e. The van der Waals surface area contributed by atoms with Gasteiger partial charge >= 0.3 is 5.97 Å². The van der Waals surface area contributed by atoms with Gasteiger partial charge in [-0.1, -0.05) is 78.8 Å². The Balaban J connectivity index is 2.90. The lowest BCUT2D eigenvalue weighted by Crippen LogP contribution is -2.30. The summed E-state index contributed by atoms with van der Waals surface area (Å²) >= 11 is 0. The lowest BCUT2D eigenvalue weighted by Gasteiger charge is -2.27. The highest BCUT2D eigenvalue weighted by molar-refractivity contribution is 5.85. The molecule has 140 valence electrons. The maximum atomic E-state index is 12.5. The van der Waals surface area contributed by atoms with Crippen molar-refractivity contribution in [3.63, 3.8) is 0 Å². The number of ether oxygens (including phenoxy) is 1. The fourth-order valence-electron chi connectivity index (χ4n) is 3.01. The zero-order valence-corrected chi connectivity index (χ0v) is 16.8. The quantitative estimate of drug-likeness (QED) is 0.593. The van der Waals surface area contributed by atoms with Crippen LogP contribution < -0.4 is 0 Å². The van der Waals surface area contributed by atoms with Gasteiger partial charge in [-0.15, -0.1) is 0 Å². The number of esters is 1. The molecule has 1 aromatic carbocycles. The first-order chi connectivity index (χ1) is 11.5. The number of benzene rings is 1. The summed E-state index contributed by atoms with van der Waals surface area (Å²) in [6.45, 7) is 14.0. The van der Waals surface area contributed by atoms with Crippen LogP contribution in [0, 0.1) is 17.3 Å². The molecule has 1 atom stereocenters. The molecular formula is C22H34O3. The van der Waals surface area contributed by atoms with Gasteiger partial charge in [-0.2, -0.15) is 0 Å². The Kier molecular flexibility index (Phi) is 7.85. The minimum absolute atomic E-state index is 0.0951. The number of rotatable bonds is 8.